The molecule has 0 radical (unpaired) electrons. The van der Waals surface area contributed by atoms with Gasteiger partial charge in [0.1, 0.15) is 5.52 Å². The largest absolute Gasteiger partial charge is 0.360 e. The molecule has 29 heavy (non-hydrogen) atoms. The van der Waals surface area contributed by atoms with Crippen LogP contribution in [0.2, 0.25) is 5.28 Å². The summed E-state index contributed by atoms with van der Waals surface area (Å²) in [6.45, 7) is 5.66. The van der Waals surface area contributed by atoms with Crippen LogP contribution < -0.4 is 10.9 Å². The Morgan fingerprint density at radius 3 is 2.55 bits per heavy atom. The van der Waals surface area contributed by atoms with Gasteiger partial charge in [-0.2, -0.15) is 4.98 Å². The van der Waals surface area contributed by atoms with Crippen molar-refractivity contribution in [3.63, 3.8) is 0 Å². The van der Waals surface area contributed by atoms with Crippen LogP contribution in [0.5, 0.6) is 0 Å². The first kappa shape index (κ1) is 21.1. The van der Waals surface area contributed by atoms with E-state index in [0.29, 0.717) is 16.9 Å². The molecule has 0 fully saturated rings. The summed E-state index contributed by atoms with van der Waals surface area (Å²) in [4.78, 5) is 29.7. The minimum atomic E-state index is -3.31. The lowest BCUT2D eigenvalue weighted by molar-refractivity contribution is 0.526. The molecule has 1 unspecified atom stereocenters. The van der Waals surface area contributed by atoms with E-state index in [-0.39, 0.29) is 39.9 Å². The second-order valence-electron chi connectivity index (χ2n) is 6.48. The van der Waals surface area contributed by atoms with Crippen LogP contribution in [0.15, 0.2) is 34.2 Å². The number of rotatable bonds is 7. The molecule has 0 saturated carbocycles. The molecule has 9 nitrogen and oxygen atoms in total. The van der Waals surface area contributed by atoms with Crippen molar-refractivity contribution in [2.24, 2.45) is 0 Å². The number of anilines is 1. The number of hydrogen-bond donors (Lipinski definition) is 1. The fraction of sp³-hybridized carbons (Fsp3) is 0.389. The molecular formula is C18H21ClN6O3S. The second-order valence-corrected chi connectivity index (χ2v) is 9.10. The van der Waals surface area contributed by atoms with Crippen molar-refractivity contribution >= 4 is 38.4 Å². The van der Waals surface area contributed by atoms with E-state index in [2.05, 4.69) is 25.3 Å². The normalized spacial score (nSPS) is 12.8. The van der Waals surface area contributed by atoms with E-state index in [0.717, 1.165) is 6.42 Å². The maximum absolute atomic E-state index is 13.0. The number of hydrogen-bond acceptors (Lipinski definition) is 8. The molecule has 3 heterocycles. The smallest absolute Gasteiger partial charge is 0.295 e. The van der Waals surface area contributed by atoms with Gasteiger partial charge >= 0.3 is 0 Å². The Bertz CT molecular complexity index is 1190. The van der Waals surface area contributed by atoms with Crippen molar-refractivity contribution in [1.29, 1.82) is 0 Å². The van der Waals surface area contributed by atoms with Gasteiger partial charge in [0.25, 0.3) is 5.56 Å². The van der Waals surface area contributed by atoms with Crippen LogP contribution in [0.3, 0.4) is 0 Å². The van der Waals surface area contributed by atoms with Crippen molar-refractivity contribution in [2.45, 2.75) is 44.7 Å². The van der Waals surface area contributed by atoms with Crippen molar-refractivity contribution in [3.8, 4) is 0 Å². The molecular weight excluding hydrogens is 416 g/mol. The summed E-state index contributed by atoms with van der Waals surface area (Å²) in [7, 11) is -3.31. The average molecular weight is 437 g/mol. The third-order valence-corrected chi connectivity index (χ3v) is 6.51. The molecule has 3 rings (SSSR count). The molecule has 0 aromatic carbocycles. The highest BCUT2D eigenvalue weighted by molar-refractivity contribution is 7.91. The zero-order chi connectivity index (χ0) is 21.2. The Kier molecular flexibility index (Phi) is 6.13. The molecule has 0 aliphatic rings. The molecule has 3 aromatic heterocycles. The lowest BCUT2D eigenvalue weighted by Crippen LogP contribution is -2.28. The van der Waals surface area contributed by atoms with Gasteiger partial charge in [-0.25, -0.2) is 18.4 Å². The van der Waals surface area contributed by atoms with E-state index >= 15 is 0 Å². The highest BCUT2D eigenvalue weighted by atomic mass is 35.5. The van der Waals surface area contributed by atoms with E-state index < -0.39 is 9.84 Å². The number of pyridine rings is 1. The lowest BCUT2D eigenvalue weighted by Gasteiger charge is -2.17. The molecule has 1 N–H and O–H groups in total. The maximum Gasteiger partial charge on any atom is 0.295 e. The van der Waals surface area contributed by atoms with Gasteiger partial charge < -0.3 is 5.32 Å². The topological polar surface area (TPSA) is 120 Å². The number of aromatic nitrogens is 5. The highest BCUT2D eigenvalue weighted by Gasteiger charge is 2.17. The molecule has 0 amide bonds. The van der Waals surface area contributed by atoms with Crippen LogP contribution in [0.1, 0.15) is 38.9 Å². The van der Waals surface area contributed by atoms with Gasteiger partial charge in [-0.3, -0.25) is 14.3 Å². The average Bonchev–Trinajstić information content (AvgIpc) is 2.72. The predicted octanol–water partition coefficient (Wildman–Crippen LogP) is 2.61. The Morgan fingerprint density at radius 1 is 1.17 bits per heavy atom. The number of fused-ring (bicyclic) bond motifs is 1. The van der Waals surface area contributed by atoms with Crippen LogP contribution >= 0.6 is 11.6 Å². The molecule has 0 aliphatic carbocycles. The van der Waals surface area contributed by atoms with Crippen LogP contribution in [-0.2, 0) is 16.4 Å². The Labute approximate surface area is 173 Å². The quantitative estimate of drug-likeness (QED) is 0.561. The van der Waals surface area contributed by atoms with E-state index in [1.165, 1.54) is 18.5 Å². The summed E-state index contributed by atoms with van der Waals surface area (Å²) in [5.74, 6) is 0.143. The fourth-order valence-corrected chi connectivity index (χ4v) is 3.68. The van der Waals surface area contributed by atoms with Gasteiger partial charge in [0.2, 0.25) is 5.28 Å². The standard InChI is InChI=1S/C18H21ClN6O3S/c1-4-11(3)25-16-14(10-22-18(19)24-16)23-15(17(25)26)21-8-12-6-7-13(9-20-12)29(27,28)5-2/h6-7,9-11H,4-5,8H2,1-3H3,(H,21,23). The first-order valence-corrected chi connectivity index (χ1v) is 11.2. The minimum absolute atomic E-state index is 0.00846. The Balaban J connectivity index is 1.94. The first-order chi connectivity index (χ1) is 13.8. The molecule has 0 bridgehead atoms. The van der Waals surface area contributed by atoms with Gasteiger partial charge in [0.15, 0.2) is 21.3 Å². The van der Waals surface area contributed by atoms with Crippen LogP contribution in [-0.4, -0.2) is 38.7 Å². The predicted molar refractivity (Wildman–Crippen MR) is 111 cm³/mol. The maximum atomic E-state index is 13.0. The number of nitrogens with one attached hydrogen (secondary N) is 1. The number of sulfone groups is 1. The van der Waals surface area contributed by atoms with E-state index in [4.69, 9.17) is 11.6 Å². The Morgan fingerprint density at radius 2 is 1.93 bits per heavy atom. The molecule has 154 valence electrons. The Hall–Kier alpha value is -2.59. The zero-order valence-electron chi connectivity index (χ0n) is 16.3. The summed E-state index contributed by atoms with van der Waals surface area (Å²) in [6, 6.07) is 2.99. The third kappa shape index (κ3) is 4.38. The fourth-order valence-electron chi connectivity index (χ4n) is 2.73. The summed E-state index contributed by atoms with van der Waals surface area (Å²) in [6.07, 6.45) is 3.50. The van der Waals surface area contributed by atoms with Crippen LogP contribution in [0, 0.1) is 0 Å². The summed E-state index contributed by atoms with van der Waals surface area (Å²) in [5.41, 5.74) is 1.06. The zero-order valence-corrected chi connectivity index (χ0v) is 17.8. The van der Waals surface area contributed by atoms with Crippen molar-refractivity contribution in [2.75, 3.05) is 11.1 Å². The summed E-state index contributed by atoms with van der Waals surface area (Å²) in [5, 5.41) is 3.03. The van der Waals surface area contributed by atoms with Gasteiger partial charge in [-0.15, -0.1) is 0 Å². The van der Waals surface area contributed by atoms with Gasteiger partial charge in [0.05, 0.1) is 29.1 Å². The summed E-state index contributed by atoms with van der Waals surface area (Å²) < 4.78 is 25.3. The molecule has 0 aliphatic heterocycles. The first-order valence-electron chi connectivity index (χ1n) is 9.13. The molecule has 3 aromatic rings. The third-order valence-electron chi connectivity index (χ3n) is 4.61. The van der Waals surface area contributed by atoms with E-state index in [1.807, 2.05) is 13.8 Å². The summed E-state index contributed by atoms with van der Waals surface area (Å²) >= 11 is 5.90. The number of halogens is 1. The van der Waals surface area contributed by atoms with Crippen LogP contribution in [0.25, 0.3) is 11.2 Å². The minimum Gasteiger partial charge on any atom is -0.360 e. The van der Waals surface area contributed by atoms with E-state index in [9.17, 15) is 13.2 Å². The van der Waals surface area contributed by atoms with Gasteiger partial charge in [-0.05, 0) is 37.1 Å². The number of nitrogens with zero attached hydrogens (tertiary/aromatic N) is 5. The SMILES string of the molecule is CCC(C)n1c(=O)c(NCc2ccc(S(=O)(=O)CC)cn2)nc2cnc(Cl)nc21. The molecule has 1 atom stereocenters. The molecule has 0 saturated heterocycles. The monoisotopic (exact) mass is 436 g/mol. The highest BCUT2D eigenvalue weighted by Crippen LogP contribution is 2.18. The second kappa shape index (κ2) is 8.42. The van der Waals surface area contributed by atoms with Crippen LogP contribution in [0.4, 0.5) is 5.82 Å². The molecule has 0 spiro atoms. The van der Waals surface area contributed by atoms with Crippen molar-refractivity contribution < 1.29 is 8.42 Å². The van der Waals surface area contributed by atoms with Gasteiger partial charge in [0, 0.05) is 12.2 Å². The van der Waals surface area contributed by atoms with Crippen molar-refractivity contribution in [1.82, 2.24) is 24.5 Å². The molecule has 11 heteroatoms. The van der Waals surface area contributed by atoms with Crippen molar-refractivity contribution in [3.05, 3.63) is 45.9 Å². The van der Waals surface area contributed by atoms with E-state index in [1.54, 1.807) is 17.6 Å². The lowest BCUT2D eigenvalue weighted by atomic mass is 10.2. The van der Waals surface area contributed by atoms with Gasteiger partial charge in [-0.1, -0.05) is 13.8 Å².